The van der Waals surface area contributed by atoms with E-state index in [1.807, 2.05) is 24.4 Å². The summed E-state index contributed by atoms with van der Waals surface area (Å²) in [6, 6.07) is 10.2. The number of nitrogens with zero attached hydrogens (tertiary/aromatic N) is 1. The van der Waals surface area contributed by atoms with Crippen molar-refractivity contribution in [3.05, 3.63) is 42.2 Å². The summed E-state index contributed by atoms with van der Waals surface area (Å²) in [4.78, 5) is 7.85. The lowest BCUT2D eigenvalue weighted by Crippen LogP contribution is -2.37. The Balaban J connectivity index is 2.00. The van der Waals surface area contributed by atoms with Gasteiger partial charge in [0.1, 0.15) is 0 Å². The molecule has 2 rings (SSSR count). The summed E-state index contributed by atoms with van der Waals surface area (Å²) in [5, 5.41) is 3.48. The molecule has 0 aliphatic heterocycles. The number of pyridine rings is 1. The standard InChI is InChI=1S/C15H21N3/c1-15(2,3)17-11-9-12-6-4-7-14(18-12)13-8-5-10-16-13/h4-8,10,16-17H,9,11H2,1-3H3. The quantitative estimate of drug-likeness (QED) is 0.866. The van der Waals surface area contributed by atoms with Gasteiger partial charge in [-0.1, -0.05) is 6.07 Å². The van der Waals surface area contributed by atoms with E-state index in [-0.39, 0.29) is 5.54 Å². The molecule has 2 N–H and O–H groups in total. The Morgan fingerprint density at radius 1 is 1.17 bits per heavy atom. The normalized spacial score (nSPS) is 11.7. The summed E-state index contributed by atoms with van der Waals surface area (Å²) >= 11 is 0. The van der Waals surface area contributed by atoms with E-state index in [9.17, 15) is 0 Å². The first-order valence-corrected chi connectivity index (χ1v) is 6.39. The van der Waals surface area contributed by atoms with Crippen molar-refractivity contribution in [2.45, 2.75) is 32.7 Å². The van der Waals surface area contributed by atoms with Gasteiger partial charge in [0.25, 0.3) is 0 Å². The molecule has 0 radical (unpaired) electrons. The lowest BCUT2D eigenvalue weighted by atomic mass is 10.1. The molecule has 96 valence electrons. The molecule has 0 saturated carbocycles. The third kappa shape index (κ3) is 3.70. The van der Waals surface area contributed by atoms with Gasteiger partial charge in [-0.3, -0.25) is 4.98 Å². The minimum atomic E-state index is 0.164. The molecule has 0 fully saturated rings. The first-order valence-electron chi connectivity index (χ1n) is 6.39. The summed E-state index contributed by atoms with van der Waals surface area (Å²) in [6.45, 7) is 7.48. The van der Waals surface area contributed by atoms with Crippen LogP contribution in [0.25, 0.3) is 11.4 Å². The van der Waals surface area contributed by atoms with Crippen molar-refractivity contribution in [3.8, 4) is 11.4 Å². The van der Waals surface area contributed by atoms with Crippen molar-refractivity contribution in [1.29, 1.82) is 0 Å². The van der Waals surface area contributed by atoms with E-state index in [1.165, 1.54) is 0 Å². The molecule has 0 unspecified atom stereocenters. The molecule has 0 atom stereocenters. The molecule has 2 heterocycles. The average molecular weight is 243 g/mol. The summed E-state index contributed by atoms with van der Waals surface area (Å²) in [5.74, 6) is 0. The minimum Gasteiger partial charge on any atom is -0.360 e. The van der Waals surface area contributed by atoms with Crippen LogP contribution in [0.15, 0.2) is 36.5 Å². The van der Waals surface area contributed by atoms with Crippen LogP contribution in [-0.4, -0.2) is 22.1 Å². The van der Waals surface area contributed by atoms with Crippen LogP contribution in [0.3, 0.4) is 0 Å². The van der Waals surface area contributed by atoms with E-state index >= 15 is 0 Å². The van der Waals surface area contributed by atoms with E-state index < -0.39 is 0 Å². The van der Waals surface area contributed by atoms with Gasteiger partial charge < -0.3 is 10.3 Å². The molecule has 2 aromatic rings. The van der Waals surface area contributed by atoms with Crippen molar-refractivity contribution < 1.29 is 0 Å². The largest absolute Gasteiger partial charge is 0.360 e. The zero-order chi connectivity index (χ0) is 13.0. The monoisotopic (exact) mass is 243 g/mol. The number of nitrogens with one attached hydrogen (secondary N) is 2. The van der Waals surface area contributed by atoms with Crippen molar-refractivity contribution in [1.82, 2.24) is 15.3 Å². The van der Waals surface area contributed by atoms with Crippen LogP contribution in [0, 0.1) is 0 Å². The second-order valence-corrected chi connectivity index (χ2v) is 5.52. The molecule has 0 bridgehead atoms. The lowest BCUT2D eigenvalue weighted by molar-refractivity contribution is 0.428. The van der Waals surface area contributed by atoms with E-state index in [4.69, 9.17) is 0 Å². The van der Waals surface area contributed by atoms with E-state index in [1.54, 1.807) is 0 Å². The van der Waals surface area contributed by atoms with Gasteiger partial charge in [0.05, 0.1) is 11.4 Å². The van der Waals surface area contributed by atoms with Gasteiger partial charge in [0.15, 0.2) is 0 Å². The molecule has 3 heteroatoms. The molecule has 2 aromatic heterocycles. The fourth-order valence-electron chi connectivity index (χ4n) is 1.82. The third-order valence-electron chi connectivity index (χ3n) is 2.72. The van der Waals surface area contributed by atoms with Crippen LogP contribution < -0.4 is 5.32 Å². The lowest BCUT2D eigenvalue weighted by Gasteiger charge is -2.20. The van der Waals surface area contributed by atoms with Crippen LogP contribution in [0.1, 0.15) is 26.5 Å². The molecule has 0 amide bonds. The topological polar surface area (TPSA) is 40.7 Å². The average Bonchev–Trinajstić information content (AvgIpc) is 2.81. The predicted octanol–water partition coefficient (Wildman–Crippen LogP) is 3.01. The summed E-state index contributed by atoms with van der Waals surface area (Å²) in [6.07, 6.45) is 2.87. The maximum atomic E-state index is 4.66. The Morgan fingerprint density at radius 2 is 2.00 bits per heavy atom. The fraction of sp³-hybridized carbons (Fsp3) is 0.400. The zero-order valence-electron chi connectivity index (χ0n) is 11.3. The highest BCUT2D eigenvalue weighted by molar-refractivity contribution is 5.54. The van der Waals surface area contributed by atoms with Gasteiger partial charge in [-0.25, -0.2) is 0 Å². The number of rotatable bonds is 4. The summed E-state index contributed by atoms with van der Waals surface area (Å²) < 4.78 is 0. The fourth-order valence-corrected chi connectivity index (χ4v) is 1.82. The van der Waals surface area contributed by atoms with Gasteiger partial charge in [0, 0.05) is 30.4 Å². The summed E-state index contributed by atoms with van der Waals surface area (Å²) in [5.41, 5.74) is 3.37. The van der Waals surface area contributed by atoms with Crippen molar-refractivity contribution in [2.24, 2.45) is 0 Å². The van der Waals surface area contributed by atoms with Crippen LogP contribution in [0.2, 0.25) is 0 Å². The number of H-pyrrole nitrogens is 1. The Morgan fingerprint density at radius 3 is 2.67 bits per heavy atom. The summed E-state index contributed by atoms with van der Waals surface area (Å²) in [7, 11) is 0. The zero-order valence-corrected chi connectivity index (χ0v) is 11.3. The van der Waals surface area contributed by atoms with Crippen LogP contribution in [-0.2, 0) is 6.42 Å². The highest BCUT2D eigenvalue weighted by atomic mass is 14.9. The van der Waals surface area contributed by atoms with Gasteiger partial charge in [0.2, 0.25) is 0 Å². The van der Waals surface area contributed by atoms with Gasteiger partial charge in [-0.05, 0) is 45.0 Å². The Kier molecular flexibility index (Phi) is 3.82. The highest BCUT2D eigenvalue weighted by Gasteiger charge is 2.08. The van der Waals surface area contributed by atoms with Gasteiger partial charge >= 0.3 is 0 Å². The molecule has 3 nitrogen and oxygen atoms in total. The molecular formula is C15H21N3. The van der Waals surface area contributed by atoms with E-state index in [0.717, 1.165) is 30.0 Å². The Labute approximate surface area is 109 Å². The number of aromatic amines is 1. The third-order valence-corrected chi connectivity index (χ3v) is 2.72. The van der Waals surface area contributed by atoms with Gasteiger partial charge in [-0.15, -0.1) is 0 Å². The highest BCUT2D eigenvalue weighted by Crippen LogP contribution is 2.14. The minimum absolute atomic E-state index is 0.164. The van der Waals surface area contributed by atoms with Gasteiger partial charge in [-0.2, -0.15) is 0 Å². The number of hydrogen-bond donors (Lipinski definition) is 2. The molecular weight excluding hydrogens is 222 g/mol. The second kappa shape index (κ2) is 5.36. The van der Waals surface area contributed by atoms with Crippen LogP contribution in [0.5, 0.6) is 0 Å². The second-order valence-electron chi connectivity index (χ2n) is 5.52. The van der Waals surface area contributed by atoms with E-state index in [0.29, 0.717) is 0 Å². The number of aromatic nitrogens is 2. The maximum Gasteiger partial charge on any atom is 0.0867 e. The molecule has 0 aliphatic carbocycles. The predicted molar refractivity (Wildman–Crippen MR) is 75.5 cm³/mol. The molecule has 0 aromatic carbocycles. The SMILES string of the molecule is CC(C)(C)NCCc1cccc(-c2ccc[nH]2)n1. The first kappa shape index (κ1) is 12.8. The van der Waals surface area contributed by atoms with Crippen molar-refractivity contribution >= 4 is 0 Å². The Hall–Kier alpha value is -1.61. The van der Waals surface area contributed by atoms with Crippen molar-refractivity contribution in [3.63, 3.8) is 0 Å². The Bertz CT molecular complexity index is 481. The molecule has 0 spiro atoms. The van der Waals surface area contributed by atoms with Crippen molar-refractivity contribution in [2.75, 3.05) is 6.54 Å². The van der Waals surface area contributed by atoms with Crippen LogP contribution >= 0.6 is 0 Å². The maximum absolute atomic E-state index is 4.66. The smallest absolute Gasteiger partial charge is 0.0867 e. The molecule has 0 aliphatic rings. The van der Waals surface area contributed by atoms with E-state index in [2.05, 4.69) is 48.2 Å². The first-order chi connectivity index (χ1) is 8.54. The molecule has 18 heavy (non-hydrogen) atoms. The number of hydrogen-bond acceptors (Lipinski definition) is 2. The molecule has 0 saturated heterocycles. The van der Waals surface area contributed by atoms with Crippen LogP contribution in [0.4, 0.5) is 0 Å².